The molecular weight excluding hydrogens is 148 g/mol. The van der Waals surface area contributed by atoms with Crippen molar-refractivity contribution in [2.45, 2.75) is 20.4 Å². The average molecular weight is 164 g/mol. The molecule has 0 amide bonds. The lowest BCUT2D eigenvalue weighted by atomic mass is 10.1. The van der Waals surface area contributed by atoms with Gasteiger partial charge < -0.3 is 4.90 Å². The lowest BCUT2D eigenvalue weighted by Crippen LogP contribution is -2.17. The number of aromatic nitrogens is 1. The van der Waals surface area contributed by atoms with Gasteiger partial charge in [0.15, 0.2) is 0 Å². The third-order valence-corrected chi connectivity index (χ3v) is 2.13. The highest BCUT2D eigenvalue weighted by molar-refractivity contribution is 5.20. The quantitative estimate of drug-likeness (QED) is 0.677. The lowest BCUT2D eigenvalue weighted by molar-refractivity contribution is 0.344. The normalized spacial score (nSPS) is 10.7. The highest BCUT2D eigenvalue weighted by Crippen LogP contribution is 2.06. The van der Waals surface area contributed by atoms with Crippen LogP contribution in [0.15, 0.2) is 18.5 Å². The molecule has 0 atom stereocenters. The molecule has 0 N–H and O–H groups in total. The maximum absolute atomic E-state index is 4.11. The van der Waals surface area contributed by atoms with Crippen molar-refractivity contribution in [2.75, 3.05) is 13.6 Å². The first kappa shape index (κ1) is 9.20. The molecule has 2 nitrogen and oxygen atoms in total. The van der Waals surface area contributed by atoms with Gasteiger partial charge in [-0.05, 0) is 37.7 Å². The monoisotopic (exact) mass is 164 g/mol. The minimum Gasteiger partial charge on any atom is -0.302 e. The molecule has 0 aliphatic carbocycles. The van der Waals surface area contributed by atoms with E-state index in [2.05, 4.69) is 36.8 Å². The summed E-state index contributed by atoms with van der Waals surface area (Å²) < 4.78 is 0. The fraction of sp³-hybridized carbons (Fsp3) is 0.500. The van der Waals surface area contributed by atoms with Crippen LogP contribution in [0.1, 0.15) is 18.1 Å². The van der Waals surface area contributed by atoms with Gasteiger partial charge in [0.05, 0.1) is 0 Å². The van der Waals surface area contributed by atoms with Gasteiger partial charge >= 0.3 is 0 Å². The summed E-state index contributed by atoms with van der Waals surface area (Å²) in [6.07, 6.45) is 3.78. The van der Waals surface area contributed by atoms with Crippen LogP contribution >= 0.6 is 0 Å². The van der Waals surface area contributed by atoms with Crippen molar-refractivity contribution in [1.29, 1.82) is 0 Å². The summed E-state index contributed by atoms with van der Waals surface area (Å²) in [6.45, 7) is 6.36. The fourth-order valence-corrected chi connectivity index (χ4v) is 1.06. The van der Waals surface area contributed by atoms with Crippen molar-refractivity contribution in [3.63, 3.8) is 0 Å². The Morgan fingerprint density at radius 2 is 2.25 bits per heavy atom. The fourth-order valence-electron chi connectivity index (χ4n) is 1.06. The topological polar surface area (TPSA) is 16.1 Å². The summed E-state index contributed by atoms with van der Waals surface area (Å²) in [7, 11) is 2.12. The average Bonchev–Trinajstić information content (AvgIpc) is 2.09. The van der Waals surface area contributed by atoms with Crippen LogP contribution in [-0.4, -0.2) is 23.5 Å². The maximum Gasteiger partial charge on any atom is 0.0315 e. The van der Waals surface area contributed by atoms with Crippen LogP contribution in [0.3, 0.4) is 0 Å². The van der Waals surface area contributed by atoms with Crippen molar-refractivity contribution < 1.29 is 0 Å². The van der Waals surface area contributed by atoms with E-state index in [1.165, 1.54) is 11.1 Å². The van der Waals surface area contributed by atoms with Crippen LogP contribution in [0.4, 0.5) is 0 Å². The maximum atomic E-state index is 4.11. The van der Waals surface area contributed by atoms with E-state index in [1.807, 2.05) is 12.4 Å². The Morgan fingerprint density at radius 3 is 2.83 bits per heavy atom. The molecule has 0 radical (unpaired) electrons. The molecule has 1 aromatic rings. The molecule has 1 rings (SSSR count). The second-order valence-electron chi connectivity index (χ2n) is 3.13. The standard InChI is InChI=1S/C10H16N2/c1-4-12(3)8-10-7-11-6-5-9(10)2/h5-7H,4,8H2,1-3H3. The molecule has 1 heterocycles. The van der Waals surface area contributed by atoms with Gasteiger partial charge in [0, 0.05) is 18.9 Å². The molecule has 0 saturated heterocycles. The van der Waals surface area contributed by atoms with Crippen molar-refractivity contribution >= 4 is 0 Å². The molecule has 1 aromatic heterocycles. The molecule has 0 bridgehead atoms. The van der Waals surface area contributed by atoms with Gasteiger partial charge in [-0.3, -0.25) is 4.98 Å². The first-order valence-corrected chi connectivity index (χ1v) is 4.32. The second-order valence-corrected chi connectivity index (χ2v) is 3.13. The van der Waals surface area contributed by atoms with E-state index >= 15 is 0 Å². The molecule has 0 aliphatic heterocycles. The van der Waals surface area contributed by atoms with Gasteiger partial charge in [-0.25, -0.2) is 0 Å². The predicted molar refractivity (Wildman–Crippen MR) is 51.0 cm³/mol. The van der Waals surface area contributed by atoms with Gasteiger partial charge in [0.25, 0.3) is 0 Å². The van der Waals surface area contributed by atoms with E-state index in [0.29, 0.717) is 0 Å². The molecule has 66 valence electrons. The van der Waals surface area contributed by atoms with E-state index in [0.717, 1.165) is 13.1 Å². The Bertz CT molecular complexity index is 245. The molecule has 12 heavy (non-hydrogen) atoms. The Morgan fingerprint density at radius 1 is 1.50 bits per heavy atom. The number of hydrogen-bond donors (Lipinski definition) is 0. The number of hydrogen-bond acceptors (Lipinski definition) is 2. The van der Waals surface area contributed by atoms with Gasteiger partial charge in [-0.15, -0.1) is 0 Å². The second kappa shape index (κ2) is 4.21. The van der Waals surface area contributed by atoms with E-state index < -0.39 is 0 Å². The number of rotatable bonds is 3. The zero-order chi connectivity index (χ0) is 8.97. The molecular formula is C10H16N2. The molecule has 0 aliphatic rings. The summed E-state index contributed by atoms with van der Waals surface area (Å²) >= 11 is 0. The Balaban J connectivity index is 2.69. The summed E-state index contributed by atoms with van der Waals surface area (Å²) in [5.41, 5.74) is 2.65. The predicted octanol–water partition coefficient (Wildman–Crippen LogP) is 1.84. The first-order chi connectivity index (χ1) is 5.74. The molecule has 0 aromatic carbocycles. The highest BCUT2D eigenvalue weighted by Gasteiger charge is 1.99. The summed E-state index contributed by atoms with van der Waals surface area (Å²) in [5.74, 6) is 0. The molecule has 0 saturated carbocycles. The summed E-state index contributed by atoms with van der Waals surface area (Å²) in [6, 6.07) is 2.05. The van der Waals surface area contributed by atoms with Crippen LogP contribution in [0.5, 0.6) is 0 Å². The zero-order valence-corrected chi connectivity index (χ0v) is 8.04. The van der Waals surface area contributed by atoms with Gasteiger partial charge in [-0.2, -0.15) is 0 Å². The third kappa shape index (κ3) is 2.31. The van der Waals surface area contributed by atoms with E-state index in [-0.39, 0.29) is 0 Å². The van der Waals surface area contributed by atoms with Gasteiger partial charge in [0.2, 0.25) is 0 Å². The first-order valence-electron chi connectivity index (χ1n) is 4.32. The van der Waals surface area contributed by atoms with Crippen LogP contribution in [-0.2, 0) is 6.54 Å². The van der Waals surface area contributed by atoms with Gasteiger partial charge in [-0.1, -0.05) is 6.92 Å². The van der Waals surface area contributed by atoms with Crippen molar-refractivity contribution in [3.05, 3.63) is 29.6 Å². The van der Waals surface area contributed by atoms with E-state index in [9.17, 15) is 0 Å². The Hall–Kier alpha value is -0.890. The largest absolute Gasteiger partial charge is 0.302 e. The third-order valence-electron chi connectivity index (χ3n) is 2.13. The van der Waals surface area contributed by atoms with Crippen LogP contribution in [0.25, 0.3) is 0 Å². The van der Waals surface area contributed by atoms with Crippen molar-refractivity contribution in [1.82, 2.24) is 9.88 Å². The van der Waals surface area contributed by atoms with E-state index in [1.54, 1.807) is 0 Å². The van der Waals surface area contributed by atoms with Crippen LogP contribution < -0.4 is 0 Å². The zero-order valence-electron chi connectivity index (χ0n) is 8.04. The molecule has 0 fully saturated rings. The van der Waals surface area contributed by atoms with Crippen molar-refractivity contribution in [3.8, 4) is 0 Å². The van der Waals surface area contributed by atoms with Crippen molar-refractivity contribution in [2.24, 2.45) is 0 Å². The number of nitrogens with zero attached hydrogens (tertiary/aromatic N) is 2. The summed E-state index contributed by atoms with van der Waals surface area (Å²) in [4.78, 5) is 6.37. The lowest BCUT2D eigenvalue weighted by Gasteiger charge is -2.14. The van der Waals surface area contributed by atoms with Crippen LogP contribution in [0.2, 0.25) is 0 Å². The SMILES string of the molecule is CCN(C)Cc1cnccc1C. The highest BCUT2D eigenvalue weighted by atomic mass is 15.1. The molecule has 0 spiro atoms. The Labute approximate surface area is 74.2 Å². The Kier molecular flexibility index (Phi) is 3.23. The smallest absolute Gasteiger partial charge is 0.0315 e. The molecule has 2 heteroatoms. The number of aryl methyl sites for hydroxylation is 1. The minimum absolute atomic E-state index is 0.996. The van der Waals surface area contributed by atoms with Gasteiger partial charge in [0.1, 0.15) is 0 Å². The minimum atomic E-state index is 0.996. The number of pyridine rings is 1. The van der Waals surface area contributed by atoms with Crippen LogP contribution in [0, 0.1) is 6.92 Å². The summed E-state index contributed by atoms with van der Waals surface area (Å²) in [5, 5.41) is 0. The molecule has 0 unspecified atom stereocenters. The van der Waals surface area contributed by atoms with E-state index in [4.69, 9.17) is 0 Å².